The van der Waals surface area contributed by atoms with Gasteiger partial charge in [0.1, 0.15) is 17.9 Å². The van der Waals surface area contributed by atoms with Gasteiger partial charge in [0.05, 0.1) is 24.7 Å². The molecule has 7 heteroatoms. The van der Waals surface area contributed by atoms with Crippen LogP contribution in [0.4, 0.5) is 0 Å². The van der Waals surface area contributed by atoms with E-state index in [1.54, 1.807) is 37.1 Å². The third-order valence-electron chi connectivity index (χ3n) is 2.61. The van der Waals surface area contributed by atoms with Crippen molar-refractivity contribution in [2.75, 3.05) is 6.61 Å². The second-order valence-corrected chi connectivity index (χ2v) is 4.89. The average molecular weight is 340 g/mol. The second-order valence-electron chi connectivity index (χ2n) is 3.98. The molecule has 106 valence electrons. The van der Waals surface area contributed by atoms with Crippen molar-refractivity contribution in [2.24, 2.45) is 7.05 Å². The Balaban J connectivity index is 2.13. The molecule has 0 bridgehead atoms. The zero-order chi connectivity index (χ0) is 14.5. The quantitative estimate of drug-likeness (QED) is 0.782. The number of esters is 1. The van der Waals surface area contributed by atoms with Crippen LogP contribution in [0.25, 0.3) is 0 Å². The number of rotatable bonds is 5. The first-order valence-electron chi connectivity index (χ1n) is 6.03. The van der Waals surface area contributed by atoms with Crippen molar-refractivity contribution in [3.8, 4) is 5.75 Å². The van der Waals surface area contributed by atoms with Crippen LogP contribution in [0.1, 0.15) is 23.0 Å². The summed E-state index contributed by atoms with van der Waals surface area (Å²) in [7, 11) is 1.75. The van der Waals surface area contributed by atoms with Crippen LogP contribution in [0.15, 0.2) is 29.1 Å². The predicted octanol–water partition coefficient (Wildman–Crippen LogP) is 2.33. The second kappa shape index (κ2) is 6.51. The molecule has 0 saturated carbocycles. The Morgan fingerprint density at radius 1 is 1.40 bits per heavy atom. The molecule has 0 spiro atoms. The van der Waals surface area contributed by atoms with Crippen LogP contribution in [0.3, 0.4) is 0 Å². The van der Waals surface area contributed by atoms with Crippen LogP contribution < -0.4 is 4.74 Å². The summed E-state index contributed by atoms with van der Waals surface area (Å²) in [4.78, 5) is 15.8. The van der Waals surface area contributed by atoms with Crippen LogP contribution in [0.5, 0.6) is 5.75 Å². The van der Waals surface area contributed by atoms with E-state index in [4.69, 9.17) is 9.47 Å². The molecule has 0 aliphatic rings. The number of carbonyl (C=O) groups excluding carboxylic acids is 1. The van der Waals surface area contributed by atoms with Crippen LogP contribution in [-0.4, -0.2) is 27.3 Å². The number of ether oxygens (including phenoxy) is 2. The van der Waals surface area contributed by atoms with Gasteiger partial charge in [0.2, 0.25) is 0 Å². The van der Waals surface area contributed by atoms with Gasteiger partial charge in [-0.2, -0.15) is 5.10 Å². The molecule has 20 heavy (non-hydrogen) atoms. The van der Waals surface area contributed by atoms with Gasteiger partial charge >= 0.3 is 5.97 Å². The number of halogens is 1. The topological polar surface area (TPSA) is 66.2 Å². The first-order chi connectivity index (χ1) is 9.61. The number of carbonyl (C=O) groups is 1. The standard InChI is InChI=1S/C13H14BrN3O3/c1-3-19-13(18)11-7-16-17(2)12(11)8-20-10-4-9(14)5-15-6-10/h4-7H,3,8H2,1-2H3. The maximum Gasteiger partial charge on any atom is 0.341 e. The fourth-order valence-corrected chi connectivity index (χ4v) is 1.98. The maximum absolute atomic E-state index is 11.8. The van der Waals surface area contributed by atoms with Gasteiger partial charge in [-0.25, -0.2) is 4.79 Å². The maximum atomic E-state index is 11.8. The van der Waals surface area contributed by atoms with Gasteiger partial charge < -0.3 is 9.47 Å². The Labute approximate surface area is 124 Å². The van der Waals surface area contributed by atoms with E-state index >= 15 is 0 Å². The molecule has 0 aliphatic heterocycles. The highest BCUT2D eigenvalue weighted by Gasteiger charge is 2.17. The number of aryl methyl sites for hydroxylation is 1. The first-order valence-corrected chi connectivity index (χ1v) is 6.82. The molecule has 0 amide bonds. The molecule has 0 aromatic carbocycles. The molecule has 0 N–H and O–H groups in total. The van der Waals surface area contributed by atoms with E-state index in [0.717, 1.165) is 4.47 Å². The number of hydrogen-bond acceptors (Lipinski definition) is 5. The largest absolute Gasteiger partial charge is 0.486 e. The summed E-state index contributed by atoms with van der Waals surface area (Å²) >= 11 is 3.32. The summed E-state index contributed by atoms with van der Waals surface area (Å²) < 4.78 is 13.0. The fraction of sp³-hybridized carbons (Fsp3) is 0.308. The number of nitrogens with zero attached hydrogens (tertiary/aromatic N) is 3. The summed E-state index contributed by atoms with van der Waals surface area (Å²) in [6, 6.07) is 1.80. The Hall–Kier alpha value is -1.89. The lowest BCUT2D eigenvalue weighted by molar-refractivity contribution is 0.0523. The molecule has 2 aromatic heterocycles. The van der Waals surface area contributed by atoms with Crippen molar-refractivity contribution in [1.82, 2.24) is 14.8 Å². The molecule has 0 fully saturated rings. The molecule has 0 saturated heterocycles. The van der Waals surface area contributed by atoms with Crippen molar-refractivity contribution in [3.63, 3.8) is 0 Å². The lowest BCUT2D eigenvalue weighted by atomic mass is 10.2. The van der Waals surface area contributed by atoms with Crippen molar-refractivity contribution in [1.29, 1.82) is 0 Å². The molecule has 0 unspecified atom stereocenters. The normalized spacial score (nSPS) is 10.3. The minimum atomic E-state index is -0.397. The third-order valence-corrected chi connectivity index (χ3v) is 3.05. The van der Waals surface area contributed by atoms with Gasteiger partial charge in [-0.3, -0.25) is 9.67 Å². The minimum absolute atomic E-state index is 0.211. The van der Waals surface area contributed by atoms with Crippen LogP contribution in [0, 0.1) is 0 Å². The van der Waals surface area contributed by atoms with E-state index in [1.807, 2.05) is 0 Å². The fourth-order valence-electron chi connectivity index (χ4n) is 1.64. The lowest BCUT2D eigenvalue weighted by Crippen LogP contribution is -2.11. The summed E-state index contributed by atoms with van der Waals surface area (Å²) in [6.45, 7) is 2.30. The molecule has 0 radical (unpaired) electrons. The summed E-state index contributed by atoms with van der Waals surface area (Å²) in [5.74, 6) is 0.210. The third kappa shape index (κ3) is 3.36. The van der Waals surface area contributed by atoms with E-state index in [9.17, 15) is 4.79 Å². The SMILES string of the molecule is CCOC(=O)c1cnn(C)c1COc1cncc(Br)c1. The molecule has 6 nitrogen and oxygen atoms in total. The summed E-state index contributed by atoms with van der Waals surface area (Å²) in [6.07, 6.45) is 4.75. The minimum Gasteiger partial charge on any atom is -0.486 e. The van der Waals surface area contributed by atoms with Crippen LogP contribution in [-0.2, 0) is 18.4 Å². The van der Waals surface area contributed by atoms with Crippen LogP contribution >= 0.6 is 15.9 Å². The van der Waals surface area contributed by atoms with Gasteiger partial charge in [-0.05, 0) is 28.9 Å². The molecule has 0 aliphatic carbocycles. The summed E-state index contributed by atoms with van der Waals surface area (Å²) in [5, 5.41) is 4.06. The molecule has 0 atom stereocenters. The highest BCUT2D eigenvalue weighted by Crippen LogP contribution is 2.18. The number of pyridine rings is 1. The van der Waals surface area contributed by atoms with Gasteiger partial charge in [-0.1, -0.05) is 0 Å². The molecular formula is C13H14BrN3O3. The van der Waals surface area contributed by atoms with E-state index in [1.165, 1.54) is 6.20 Å². The average Bonchev–Trinajstić information content (AvgIpc) is 2.78. The first kappa shape index (κ1) is 14.5. The van der Waals surface area contributed by atoms with Crippen molar-refractivity contribution in [2.45, 2.75) is 13.5 Å². The highest BCUT2D eigenvalue weighted by atomic mass is 79.9. The van der Waals surface area contributed by atoms with E-state index < -0.39 is 5.97 Å². The number of aromatic nitrogens is 3. The monoisotopic (exact) mass is 339 g/mol. The van der Waals surface area contributed by atoms with Crippen molar-refractivity contribution < 1.29 is 14.3 Å². The molecule has 2 heterocycles. The van der Waals surface area contributed by atoms with Gasteiger partial charge in [-0.15, -0.1) is 0 Å². The molecule has 2 rings (SSSR count). The molecular weight excluding hydrogens is 326 g/mol. The van der Waals surface area contributed by atoms with Gasteiger partial charge in [0.25, 0.3) is 0 Å². The highest BCUT2D eigenvalue weighted by molar-refractivity contribution is 9.10. The Morgan fingerprint density at radius 2 is 2.20 bits per heavy atom. The predicted molar refractivity (Wildman–Crippen MR) is 75.4 cm³/mol. The number of hydrogen-bond donors (Lipinski definition) is 0. The Bertz CT molecular complexity index is 613. The molecule has 2 aromatic rings. The Kier molecular flexibility index (Phi) is 4.73. The lowest BCUT2D eigenvalue weighted by Gasteiger charge is -2.08. The van der Waals surface area contributed by atoms with E-state index in [-0.39, 0.29) is 6.61 Å². The zero-order valence-electron chi connectivity index (χ0n) is 11.2. The van der Waals surface area contributed by atoms with Crippen LogP contribution in [0.2, 0.25) is 0 Å². The zero-order valence-corrected chi connectivity index (χ0v) is 12.8. The Morgan fingerprint density at radius 3 is 2.90 bits per heavy atom. The smallest absolute Gasteiger partial charge is 0.341 e. The van der Waals surface area contributed by atoms with Gasteiger partial charge in [0, 0.05) is 17.7 Å². The van der Waals surface area contributed by atoms with E-state index in [2.05, 4.69) is 26.0 Å². The van der Waals surface area contributed by atoms with Crippen molar-refractivity contribution in [3.05, 3.63) is 40.4 Å². The van der Waals surface area contributed by atoms with Crippen molar-refractivity contribution >= 4 is 21.9 Å². The van der Waals surface area contributed by atoms with E-state index in [0.29, 0.717) is 23.6 Å². The van der Waals surface area contributed by atoms with Gasteiger partial charge in [0.15, 0.2) is 0 Å². The summed E-state index contributed by atoms with van der Waals surface area (Å²) in [5.41, 5.74) is 1.07.